The van der Waals surface area contributed by atoms with Gasteiger partial charge in [-0.3, -0.25) is 4.79 Å². The van der Waals surface area contributed by atoms with E-state index in [-0.39, 0.29) is 24.4 Å². The summed E-state index contributed by atoms with van der Waals surface area (Å²) >= 11 is 0. The number of rotatable bonds is 3. The molecule has 4 aliphatic rings. The molecule has 2 amide bonds. The second-order valence-corrected chi connectivity index (χ2v) is 10.7. The Morgan fingerprint density at radius 3 is 2.73 bits per heavy atom. The highest BCUT2D eigenvalue weighted by Crippen LogP contribution is 2.53. The molecule has 1 saturated carbocycles. The Balaban J connectivity index is 1.24. The van der Waals surface area contributed by atoms with Crippen LogP contribution in [0.4, 0.5) is 10.5 Å². The Hall–Kier alpha value is -2.38. The summed E-state index contributed by atoms with van der Waals surface area (Å²) in [7, 11) is 0. The van der Waals surface area contributed by atoms with Gasteiger partial charge in [0.05, 0.1) is 11.5 Å². The Morgan fingerprint density at radius 1 is 1.24 bits per heavy atom. The summed E-state index contributed by atoms with van der Waals surface area (Å²) in [6.45, 7) is 7.54. The fourth-order valence-electron chi connectivity index (χ4n) is 5.30. The van der Waals surface area contributed by atoms with Crippen LogP contribution >= 0.6 is 0 Å². The third-order valence-electron chi connectivity index (χ3n) is 7.08. The summed E-state index contributed by atoms with van der Waals surface area (Å²) in [5, 5.41) is 3.11. The molecule has 1 saturated heterocycles. The molecule has 1 aromatic rings. The summed E-state index contributed by atoms with van der Waals surface area (Å²) in [5.41, 5.74) is 3.30. The summed E-state index contributed by atoms with van der Waals surface area (Å²) in [4.78, 5) is 27.0. The lowest BCUT2D eigenvalue weighted by molar-refractivity contribution is -0.212. The normalized spacial score (nSPS) is 29.2. The van der Waals surface area contributed by atoms with Crippen LogP contribution in [0.15, 0.2) is 24.3 Å². The van der Waals surface area contributed by atoms with E-state index in [1.807, 2.05) is 20.8 Å². The van der Waals surface area contributed by atoms with Gasteiger partial charge in [0.15, 0.2) is 6.29 Å². The topological polar surface area (TPSA) is 77.1 Å². The average molecular weight is 455 g/mol. The van der Waals surface area contributed by atoms with Crippen molar-refractivity contribution in [3.8, 4) is 0 Å². The monoisotopic (exact) mass is 454 g/mol. The minimum absolute atomic E-state index is 0.0735. The van der Waals surface area contributed by atoms with Crippen molar-refractivity contribution in [2.45, 2.75) is 82.7 Å². The van der Waals surface area contributed by atoms with E-state index in [0.717, 1.165) is 49.1 Å². The van der Waals surface area contributed by atoms with Gasteiger partial charge in [0.1, 0.15) is 5.60 Å². The molecular formula is C26H34N2O5. The quantitative estimate of drug-likeness (QED) is 0.722. The largest absolute Gasteiger partial charge is 0.444 e. The fourth-order valence-corrected chi connectivity index (χ4v) is 5.30. The third kappa shape index (κ3) is 4.41. The first kappa shape index (κ1) is 22.4. The number of amides is 2. The van der Waals surface area contributed by atoms with E-state index in [9.17, 15) is 9.59 Å². The molecule has 178 valence electrons. The van der Waals surface area contributed by atoms with Crippen LogP contribution in [0.1, 0.15) is 70.4 Å². The predicted octanol–water partition coefficient (Wildman–Crippen LogP) is 4.61. The Labute approximate surface area is 195 Å². The van der Waals surface area contributed by atoms with Gasteiger partial charge >= 0.3 is 6.09 Å². The molecule has 7 nitrogen and oxygen atoms in total. The molecule has 1 atom stereocenters. The van der Waals surface area contributed by atoms with Gasteiger partial charge in [-0.15, -0.1) is 0 Å². The molecule has 3 heterocycles. The van der Waals surface area contributed by atoms with Crippen LogP contribution in [0.5, 0.6) is 0 Å². The molecule has 0 radical (unpaired) electrons. The first-order valence-corrected chi connectivity index (χ1v) is 12.1. The van der Waals surface area contributed by atoms with E-state index in [4.69, 9.17) is 14.2 Å². The molecule has 3 aliphatic heterocycles. The first-order valence-electron chi connectivity index (χ1n) is 12.1. The molecule has 1 spiro atoms. The van der Waals surface area contributed by atoms with Crippen molar-refractivity contribution in [2.75, 3.05) is 25.0 Å². The average Bonchev–Trinajstić information content (AvgIpc) is 3.04. The maximum absolute atomic E-state index is 12.9. The SMILES string of the molecule is CC(C)(C)OC(=O)N1CC=C(c2ccc3c(c2)NC(=O)C32CC(OC3CCCCO3)C2)CC1. The van der Waals surface area contributed by atoms with Gasteiger partial charge in [-0.1, -0.05) is 18.2 Å². The number of carbonyl (C=O) groups is 2. The summed E-state index contributed by atoms with van der Waals surface area (Å²) in [5.74, 6) is 0.0767. The van der Waals surface area contributed by atoms with Gasteiger partial charge < -0.3 is 24.4 Å². The summed E-state index contributed by atoms with van der Waals surface area (Å²) < 4.78 is 17.3. The Bertz CT molecular complexity index is 967. The van der Waals surface area contributed by atoms with Crippen molar-refractivity contribution in [3.63, 3.8) is 0 Å². The van der Waals surface area contributed by atoms with Crippen LogP contribution < -0.4 is 5.32 Å². The maximum atomic E-state index is 12.9. The van der Waals surface area contributed by atoms with Crippen LogP contribution in [-0.2, 0) is 24.4 Å². The first-order chi connectivity index (χ1) is 15.7. The van der Waals surface area contributed by atoms with Crippen molar-refractivity contribution >= 4 is 23.3 Å². The lowest BCUT2D eigenvalue weighted by Crippen LogP contribution is -2.51. The zero-order chi connectivity index (χ0) is 23.2. The van der Waals surface area contributed by atoms with Gasteiger partial charge in [0.25, 0.3) is 0 Å². The number of fused-ring (bicyclic) bond motifs is 2. The summed E-state index contributed by atoms with van der Waals surface area (Å²) in [6, 6.07) is 6.28. The van der Waals surface area contributed by atoms with Crippen LogP contribution in [0.25, 0.3) is 5.57 Å². The van der Waals surface area contributed by atoms with E-state index < -0.39 is 11.0 Å². The standard InChI is InChI=1S/C26H34N2O5/c1-25(2,3)33-24(30)28-11-9-17(10-12-28)18-7-8-20-21(14-18)27-23(29)26(20)15-19(16-26)32-22-6-4-5-13-31-22/h7-9,14,19,22H,4-6,10-13,15-16H2,1-3H3,(H,27,29). The molecule has 1 aliphatic carbocycles. The molecular weight excluding hydrogens is 420 g/mol. The van der Waals surface area contributed by atoms with Crippen LogP contribution in [0.3, 0.4) is 0 Å². The number of ether oxygens (including phenoxy) is 3. The van der Waals surface area contributed by atoms with Gasteiger partial charge in [-0.25, -0.2) is 4.79 Å². The second-order valence-electron chi connectivity index (χ2n) is 10.7. The van der Waals surface area contributed by atoms with Crippen LogP contribution in [0.2, 0.25) is 0 Å². The van der Waals surface area contributed by atoms with E-state index in [1.54, 1.807) is 4.90 Å². The molecule has 1 aromatic carbocycles. The maximum Gasteiger partial charge on any atom is 0.410 e. The van der Waals surface area contributed by atoms with Crippen LogP contribution in [-0.4, -0.2) is 54.6 Å². The predicted molar refractivity (Wildman–Crippen MR) is 125 cm³/mol. The van der Waals surface area contributed by atoms with Crippen LogP contribution in [0, 0.1) is 0 Å². The molecule has 5 rings (SSSR count). The smallest absolute Gasteiger partial charge is 0.410 e. The zero-order valence-electron chi connectivity index (χ0n) is 19.8. The van der Waals surface area contributed by atoms with E-state index in [0.29, 0.717) is 25.9 Å². The molecule has 0 bridgehead atoms. The van der Waals surface area contributed by atoms with E-state index >= 15 is 0 Å². The Morgan fingerprint density at radius 2 is 2.06 bits per heavy atom. The van der Waals surface area contributed by atoms with Crippen molar-refractivity contribution in [2.24, 2.45) is 0 Å². The molecule has 33 heavy (non-hydrogen) atoms. The molecule has 0 aromatic heterocycles. The number of nitrogens with one attached hydrogen (secondary N) is 1. The van der Waals surface area contributed by atoms with Crippen molar-refractivity contribution in [3.05, 3.63) is 35.4 Å². The zero-order valence-corrected chi connectivity index (χ0v) is 19.8. The Kier molecular flexibility index (Phi) is 5.73. The van der Waals surface area contributed by atoms with E-state index in [2.05, 4.69) is 29.6 Å². The number of anilines is 1. The van der Waals surface area contributed by atoms with Crippen molar-refractivity contribution in [1.82, 2.24) is 4.90 Å². The minimum atomic E-state index is -0.496. The highest BCUT2D eigenvalue weighted by Gasteiger charge is 2.56. The highest BCUT2D eigenvalue weighted by molar-refractivity contribution is 6.07. The number of benzene rings is 1. The third-order valence-corrected chi connectivity index (χ3v) is 7.08. The number of carbonyl (C=O) groups excluding carboxylic acids is 2. The van der Waals surface area contributed by atoms with Gasteiger partial charge in [-0.05, 0) is 82.1 Å². The minimum Gasteiger partial charge on any atom is -0.444 e. The van der Waals surface area contributed by atoms with Gasteiger partial charge in [0.2, 0.25) is 5.91 Å². The molecule has 7 heteroatoms. The number of hydrogen-bond acceptors (Lipinski definition) is 5. The fraction of sp³-hybridized carbons (Fsp3) is 0.615. The van der Waals surface area contributed by atoms with Crippen molar-refractivity contribution < 1.29 is 23.8 Å². The van der Waals surface area contributed by atoms with Crippen molar-refractivity contribution in [1.29, 1.82) is 0 Å². The van der Waals surface area contributed by atoms with E-state index in [1.165, 1.54) is 5.57 Å². The summed E-state index contributed by atoms with van der Waals surface area (Å²) in [6.07, 6.45) is 7.11. The lowest BCUT2D eigenvalue weighted by Gasteiger charge is -2.44. The molecule has 2 fully saturated rings. The lowest BCUT2D eigenvalue weighted by atomic mass is 9.63. The number of nitrogens with zero attached hydrogens (tertiary/aromatic N) is 1. The van der Waals surface area contributed by atoms with Gasteiger partial charge in [0, 0.05) is 25.4 Å². The molecule has 1 unspecified atom stereocenters. The van der Waals surface area contributed by atoms with Gasteiger partial charge in [-0.2, -0.15) is 0 Å². The number of hydrogen-bond donors (Lipinski definition) is 1. The second kappa shape index (κ2) is 8.44. The highest BCUT2D eigenvalue weighted by atomic mass is 16.7. The molecule has 1 N–H and O–H groups in total.